The van der Waals surface area contributed by atoms with E-state index in [1.807, 2.05) is 12.1 Å². The number of hydrogen-bond donors (Lipinski definition) is 3. The van der Waals surface area contributed by atoms with E-state index in [2.05, 4.69) is 21.7 Å². The Bertz CT molecular complexity index is 1210. The zero-order chi connectivity index (χ0) is 25.3. The van der Waals surface area contributed by atoms with Gasteiger partial charge in [0, 0.05) is 24.4 Å². The largest absolute Gasteiger partial charge is 0.356 e. The highest BCUT2D eigenvalue weighted by molar-refractivity contribution is 6.35. The maximum atomic E-state index is 13.7. The first-order valence-corrected chi connectivity index (χ1v) is 13.3. The molecule has 1 unspecified atom stereocenters. The van der Waals surface area contributed by atoms with Crippen molar-refractivity contribution in [3.8, 4) is 6.07 Å². The molecule has 3 aliphatic rings. The number of para-hydroxylation sites is 1. The van der Waals surface area contributed by atoms with E-state index < -0.39 is 12.1 Å². The molecule has 1 aromatic carbocycles. The number of halogens is 1. The van der Waals surface area contributed by atoms with Crippen LogP contribution < -0.4 is 10.6 Å². The van der Waals surface area contributed by atoms with Gasteiger partial charge in [-0.15, -0.1) is 0 Å². The van der Waals surface area contributed by atoms with Crippen LogP contribution in [-0.2, 0) is 9.59 Å². The average molecular weight is 510 g/mol. The number of amides is 3. The second-order valence-corrected chi connectivity index (χ2v) is 11.1. The number of likely N-dealkylation sites (tertiary alicyclic amines) is 1. The Morgan fingerprint density at radius 1 is 1.25 bits per heavy atom. The molecule has 3 fully saturated rings. The van der Waals surface area contributed by atoms with Crippen LogP contribution in [-0.4, -0.2) is 52.8 Å². The standard InChI is InChI=1S/C27H32ClN5O3/c28-20-8-4-6-17-13-21(32-23(17)20)26(36)33-16-27(9-2-1-3-10-27)14-22(33)25(35)31-19(15-29)12-18-7-5-11-30-24(18)34/h4,6,8,13,18-19,22,32H,1-3,5,7,9-12,14,16H2,(H,30,34)(H,31,35)/t18-,19-,22?/m0/s1. The fourth-order valence-electron chi connectivity index (χ4n) is 6.31. The molecule has 190 valence electrons. The number of hydrogen-bond acceptors (Lipinski definition) is 4. The van der Waals surface area contributed by atoms with Gasteiger partial charge in [-0.05, 0) is 56.1 Å². The van der Waals surface area contributed by atoms with Crippen LogP contribution in [0.4, 0.5) is 0 Å². The molecule has 1 aromatic heterocycles. The number of carbonyl (C=O) groups excluding carboxylic acids is 3. The number of aromatic amines is 1. The predicted octanol–water partition coefficient (Wildman–Crippen LogP) is 3.91. The van der Waals surface area contributed by atoms with Gasteiger partial charge in [0.25, 0.3) is 5.91 Å². The Hall–Kier alpha value is -3.05. The quantitative estimate of drug-likeness (QED) is 0.566. The molecule has 0 radical (unpaired) electrons. The highest BCUT2D eigenvalue weighted by Crippen LogP contribution is 2.46. The van der Waals surface area contributed by atoms with E-state index >= 15 is 0 Å². The van der Waals surface area contributed by atoms with Gasteiger partial charge in [0.05, 0.1) is 16.6 Å². The molecule has 1 spiro atoms. The van der Waals surface area contributed by atoms with E-state index in [9.17, 15) is 19.6 Å². The lowest BCUT2D eigenvalue weighted by atomic mass is 9.72. The van der Waals surface area contributed by atoms with E-state index in [1.54, 1.807) is 17.0 Å². The smallest absolute Gasteiger partial charge is 0.271 e. The van der Waals surface area contributed by atoms with Gasteiger partial charge in [-0.3, -0.25) is 14.4 Å². The maximum Gasteiger partial charge on any atom is 0.271 e. The summed E-state index contributed by atoms with van der Waals surface area (Å²) in [7, 11) is 0. The SMILES string of the molecule is N#C[C@H](C[C@@H]1CCCNC1=O)NC(=O)C1CC2(CCCCC2)CN1C(=O)c1cc2cccc(Cl)c2[nH]1. The van der Waals surface area contributed by atoms with Crippen LogP contribution in [0.5, 0.6) is 0 Å². The Kier molecular flexibility index (Phi) is 6.94. The second kappa shape index (κ2) is 10.1. The van der Waals surface area contributed by atoms with Crippen LogP contribution in [0.15, 0.2) is 24.3 Å². The molecule has 3 atom stereocenters. The third kappa shape index (κ3) is 4.81. The molecule has 2 aromatic rings. The van der Waals surface area contributed by atoms with Crippen LogP contribution in [0, 0.1) is 22.7 Å². The molecule has 3 heterocycles. The molecule has 3 N–H and O–H groups in total. The second-order valence-electron chi connectivity index (χ2n) is 10.7. The van der Waals surface area contributed by atoms with Crippen LogP contribution >= 0.6 is 11.6 Å². The number of aromatic nitrogens is 1. The lowest BCUT2D eigenvalue weighted by Crippen LogP contribution is -2.49. The Balaban J connectivity index is 1.37. The van der Waals surface area contributed by atoms with Crippen LogP contribution in [0.2, 0.25) is 5.02 Å². The summed E-state index contributed by atoms with van der Waals surface area (Å²) in [6, 6.07) is 8.00. The van der Waals surface area contributed by atoms with Crippen molar-refractivity contribution in [3.05, 3.63) is 35.0 Å². The molecular weight excluding hydrogens is 478 g/mol. The normalized spacial score (nSPS) is 24.3. The Morgan fingerprint density at radius 2 is 2.06 bits per heavy atom. The van der Waals surface area contributed by atoms with Gasteiger partial charge in [-0.2, -0.15) is 5.26 Å². The summed E-state index contributed by atoms with van der Waals surface area (Å²) in [6.07, 6.45) is 7.78. The summed E-state index contributed by atoms with van der Waals surface area (Å²) in [5, 5.41) is 16.8. The lowest BCUT2D eigenvalue weighted by Gasteiger charge is -2.32. The number of H-pyrrole nitrogens is 1. The van der Waals surface area contributed by atoms with Crippen molar-refractivity contribution in [1.29, 1.82) is 5.26 Å². The van der Waals surface area contributed by atoms with Crippen molar-refractivity contribution in [2.45, 2.75) is 69.9 Å². The first-order valence-electron chi connectivity index (χ1n) is 12.9. The average Bonchev–Trinajstić information content (AvgIpc) is 3.48. The third-order valence-electron chi connectivity index (χ3n) is 8.21. The van der Waals surface area contributed by atoms with Gasteiger partial charge in [0.2, 0.25) is 11.8 Å². The zero-order valence-corrected chi connectivity index (χ0v) is 21.1. The molecule has 8 nitrogen and oxygen atoms in total. The van der Waals surface area contributed by atoms with E-state index in [1.165, 1.54) is 6.42 Å². The van der Waals surface area contributed by atoms with Crippen molar-refractivity contribution in [3.63, 3.8) is 0 Å². The molecular formula is C27H32ClN5O3. The van der Waals surface area contributed by atoms with Crippen molar-refractivity contribution in [1.82, 2.24) is 20.5 Å². The number of fused-ring (bicyclic) bond motifs is 1. The highest BCUT2D eigenvalue weighted by Gasteiger charge is 2.49. The maximum absolute atomic E-state index is 13.7. The van der Waals surface area contributed by atoms with Crippen molar-refractivity contribution in [2.75, 3.05) is 13.1 Å². The first-order chi connectivity index (χ1) is 17.4. The minimum absolute atomic E-state index is 0.0629. The van der Waals surface area contributed by atoms with Gasteiger partial charge in [-0.25, -0.2) is 0 Å². The monoisotopic (exact) mass is 509 g/mol. The summed E-state index contributed by atoms with van der Waals surface area (Å²) in [4.78, 5) is 44.3. The lowest BCUT2D eigenvalue weighted by molar-refractivity contribution is -0.128. The van der Waals surface area contributed by atoms with E-state index in [4.69, 9.17) is 11.6 Å². The predicted molar refractivity (Wildman–Crippen MR) is 136 cm³/mol. The van der Waals surface area contributed by atoms with Crippen molar-refractivity contribution < 1.29 is 14.4 Å². The molecule has 0 bridgehead atoms. The van der Waals surface area contributed by atoms with Gasteiger partial charge in [0.15, 0.2) is 0 Å². The summed E-state index contributed by atoms with van der Waals surface area (Å²) in [6.45, 7) is 1.17. The number of piperidine rings is 1. The summed E-state index contributed by atoms with van der Waals surface area (Å²) >= 11 is 6.31. The van der Waals surface area contributed by atoms with Crippen molar-refractivity contribution in [2.24, 2.45) is 11.3 Å². The Labute approximate surface area is 215 Å². The summed E-state index contributed by atoms with van der Waals surface area (Å²) in [5.74, 6) is -0.898. The number of rotatable bonds is 5. The van der Waals surface area contributed by atoms with E-state index in [0.717, 1.165) is 37.5 Å². The number of nitrogens with one attached hydrogen (secondary N) is 3. The summed E-state index contributed by atoms with van der Waals surface area (Å²) in [5.41, 5.74) is 1.02. The number of carbonyl (C=O) groups is 3. The van der Waals surface area contributed by atoms with Crippen LogP contribution in [0.1, 0.15) is 68.3 Å². The minimum Gasteiger partial charge on any atom is -0.356 e. The fraction of sp³-hybridized carbons (Fsp3) is 0.556. The van der Waals surface area contributed by atoms with Crippen LogP contribution in [0.3, 0.4) is 0 Å². The molecule has 1 saturated carbocycles. The number of nitrogens with zero attached hydrogens (tertiary/aromatic N) is 2. The molecule has 2 aliphatic heterocycles. The number of benzene rings is 1. The van der Waals surface area contributed by atoms with Crippen molar-refractivity contribution >= 4 is 40.2 Å². The summed E-state index contributed by atoms with van der Waals surface area (Å²) < 4.78 is 0. The Morgan fingerprint density at radius 3 is 2.78 bits per heavy atom. The van der Waals surface area contributed by atoms with Gasteiger partial charge < -0.3 is 20.5 Å². The third-order valence-corrected chi connectivity index (χ3v) is 8.53. The highest BCUT2D eigenvalue weighted by atomic mass is 35.5. The fourth-order valence-corrected chi connectivity index (χ4v) is 6.54. The van der Waals surface area contributed by atoms with Gasteiger partial charge in [-0.1, -0.05) is 43.0 Å². The molecule has 36 heavy (non-hydrogen) atoms. The van der Waals surface area contributed by atoms with Gasteiger partial charge in [0.1, 0.15) is 17.8 Å². The number of nitriles is 1. The first kappa shape index (κ1) is 24.6. The molecule has 3 amide bonds. The zero-order valence-electron chi connectivity index (χ0n) is 20.3. The van der Waals surface area contributed by atoms with E-state index in [0.29, 0.717) is 42.2 Å². The molecule has 9 heteroatoms. The topological polar surface area (TPSA) is 118 Å². The molecule has 2 saturated heterocycles. The van der Waals surface area contributed by atoms with Gasteiger partial charge >= 0.3 is 0 Å². The molecule has 1 aliphatic carbocycles. The van der Waals surface area contributed by atoms with Crippen LogP contribution in [0.25, 0.3) is 10.9 Å². The van der Waals surface area contributed by atoms with E-state index in [-0.39, 0.29) is 35.5 Å². The minimum atomic E-state index is -0.780. The molecule has 5 rings (SSSR count).